The molecule has 0 aromatic carbocycles. The average Bonchev–Trinajstić information content (AvgIpc) is 2.35. The molecule has 1 aliphatic rings. The standard InChI is InChI=1S/C16H32N4O2/c1-12(2)17-14(21)11-19-7-9-20(10-8-19)13(3)15(22)18-16(4,5)6/h12-13H,7-11H2,1-6H3,(H,17,21)(H,18,22). The van der Waals surface area contributed by atoms with Gasteiger partial charge in [-0.3, -0.25) is 19.4 Å². The molecule has 1 unspecified atom stereocenters. The van der Waals surface area contributed by atoms with E-state index in [0.717, 1.165) is 26.2 Å². The fourth-order valence-electron chi connectivity index (χ4n) is 2.52. The van der Waals surface area contributed by atoms with Gasteiger partial charge < -0.3 is 10.6 Å². The summed E-state index contributed by atoms with van der Waals surface area (Å²) in [7, 11) is 0. The van der Waals surface area contributed by atoms with Crippen molar-refractivity contribution in [2.24, 2.45) is 0 Å². The Kier molecular flexibility index (Phi) is 6.81. The Hall–Kier alpha value is -1.14. The Morgan fingerprint density at radius 1 is 1.05 bits per heavy atom. The Labute approximate surface area is 134 Å². The first kappa shape index (κ1) is 18.9. The van der Waals surface area contributed by atoms with Gasteiger partial charge in [-0.2, -0.15) is 0 Å². The van der Waals surface area contributed by atoms with Crippen molar-refractivity contribution in [1.29, 1.82) is 0 Å². The van der Waals surface area contributed by atoms with Gasteiger partial charge in [-0.1, -0.05) is 0 Å². The van der Waals surface area contributed by atoms with E-state index in [0.29, 0.717) is 6.54 Å². The van der Waals surface area contributed by atoms with Crippen molar-refractivity contribution >= 4 is 11.8 Å². The van der Waals surface area contributed by atoms with Crippen molar-refractivity contribution in [3.05, 3.63) is 0 Å². The molecular formula is C16H32N4O2. The number of amides is 2. The number of hydrogen-bond donors (Lipinski definition) is 2. The highest BCUT2D eigenvalue weighted by molar-refractivity contribution is 5.82. The highest BCUT2D eigenvalue weighted by atomic mass is 16.2. The van der Waals surface area contributed by atoms with Crippen molar-refractivity contribution < 1.29 is 9.59 Å². The molecular weight excluding hydrogens is 280 g/mol. The van der Waals surface area contributed by atoms with Crippen molar-refractivity contribution in [1.82, 2.24) is 20.4 Å². The molecule has 1 aliphatic heterocycles. The maximum absolute atomic E-state index is 12.2. The van der Waals surface area contributed by atoms with Crippen LogP contribution >= 0.6 is 0 Å². The van der Waals surface area contributed by atoms with Crippen LogP contribution in [0.3, 0.4) is 0 Å². The highest BCUT2D eigenvalue weighted by Gasteiger charge is 2.28. The zero-order chi connectivity index (χ0) is 16.9. The lowest BCUT2D eigenvalue weighted by molar-refractivity contribution is -0.129. The molecule has 1 rings (SSSR count). The van der Waals surface area contributed by atoms with Gasteiger partial charge in [0.05, 0.1) is 12.6 Å². The van der Waals surface area contributed by atoms with E-state index in [2.05, 4.69) is 20.4 Å². The van der Waals surface area contributed by atoms with Gasteiger partial charge in [0.25, 0.3) is 0 Å². The zero-order valence-electron chi connectivity index (χ0n) is 14.9. The summed E-state index contributed by atoms with van der Waals surface area (Å²) < 4.78 is 0. The van der Waals surface area contributed by atoms with E-state index in [9.17, 15) is 9.59 Å². The summed E-state index contributed by atoms with van der Waals surface area (Å²) in [6, 6.07) is 0.0424. The maximum atomic E-state index is 12.2. The minimum atomic E-state index is -0.206. The molecule has 0 aromatic rings. The molecule has 1 fully saturated rings. The Bertz CT molecular complexity index is 382. The monoisotopic (exact) mass is 312 g/mol. The van der Waals surface area contributed by atoms with Crippen molar-refractivity contribution in [3.8, 4) is 0 Å². The molecule has 0 bridgehead atoms. The molecule has 0 radical (unpaired) electrons. The molecule has 1 atom stereocenters. The molecule has 1 heterocycles. The van der Waals surface area contributed by atoms with Crippen LogP contribution in [0, 0.1) is 0 Å². The number of carbonyl (C=O) groups excluding carboxylic acids is 2. The second-order valence-electron chi connectivity index (χ2n) is 7.45. The van der Waals surface area contributed by atoms with Gasteiger partial charge in [-0.05, 0) is 41.5 Å². The van der Waals surface area contributed by atoms with Gasteiger partial charge >= 0.3 is 0 Å². The number of nitrogens with zero attached hydrogens (tertiary/aromatic N) is 2. The SMILES string of the molecule is CC(C)NC(=O)CN1CCN(C(C)C(=O)NC(C)(C)C)CC1. The lowest BCUT2D eigenvalue weighted by Crippen LogP contribution is -2.57. The number of hydrogen-bond acceptors (Lipinski definition) is 4. The lowest BCUT2D eigenvalue weighted by atomic mass is 10.1. The predicted molar refractivity (Wildman–Crippen MR) is 88.6 cm³/mol. The van der Waals surface area contributed by atoms with E-state index in [4.69, 9.17) is 0 Å². The first-order valence-corrected chi connectivity index (χ1v) is 8.16. The van der Waals surface area contributed by atoms with Crippen LogP contribution in [0.25, 0.3) is 0 Å². The van der Waals surface area contributed by atoms with E-state index in [-0.39, 0.29) is 29.4 Å². The minimum absolute atomic E-state index is 0.0681. The van der Waals surface area contributed by atoms with Crippen LogP contribution in [0.4, 0.5) is 0 Å². The molecule has 128 valence electrons. The summed E-state index contributed by atoms with van der Waals surface area (Å²) in [5.74, 6) is 0.139. The van der Waals surface area contributed by atoms with Crippen LogP contribution in [-0.4, -0.2) is 72.0 Å². The second kappa shape index (κ2) is 7.92. The number of rotatable bonds is 5. The summed E-state index contributed by atoms with van der Waals surface area (Å²) in [6.45, 7) is 15.5. The smallest absolute Gasteiger partial charge is 0.237 e. The number of carbonyl (C=O) groups is 2. The van der Waals surface area contributed by atoms with Crippen molar-refractivity contribution in [3.63, 3.8) is 0 Å². The van der Waals surface area contributed by atoms with Crippen LogP contribution in [0.1, 0.15) is 41.5 Å². The van der Waals surface area contributed by atoms with E-state index in [1.54, 1.807) is 0 Å². The third kappa shape index (κ3) is 6.75. The molecule has 0 spiro atoms. The van der Waals surface area contributed by atoms with Crippen molar-refractivity contribution in [2.45, 2.75) is 59.2 Å². The fourth-order valence-corrected chi connectivity index (χ4v) is 2.52. The molecule has 22 heavy (non-hydrogen) atoms. The largest absolute Gasteiger partial charge is 0.353 e. The number of nitrogens with one attached hydrogen (secondary N) is 2. The normalized spacial score (nSPS) is 19.0. The van der Waals surface area contributed by atoms with Gasteiger partial charge in [0.1, 0.15) is 0 Å². The first-order chi connectivity index (χ1) is 10.1. The van der Waals surface area contributed by atoms with Crippen LogP contribution in [0.15, 0.2) is 0 Å². The van der Waals surface area contributed by atoms with Gasteiger partial charge in [-0.15, -0.1) is 0 Å². The van der Waals surface area contributed by atoms with E-state index in [1.807, 2.05) is 41.5 Å². The molecule has 2 amide bonds. The topological polar surface area (TPSA) is 64.7 Å². The molecule has 6 heteroatoms. The third-order valence-corrected chi connectivity index (χ3v) is 3.65. The van der Waals surface area contributed by atoms with Crippen LogP contribution in [-0.2, 0) is 9.59 Å². The van der Waals surface area contributed by atoms with Gasteiger partial charge in [-0.25, -0.2) is 0 Å². The van der Waals surface area contributed by atoms with Gasteiger partial charge in [0.2, 0.25) is 11.8 Å². The molecule has 2 N–H and O–H groups in total. The van der Waals surface area contributed by atoms with E-state index in [1.165, 1.54) is 0 Å². The minimum Gasteiger partial charge on any atom is -0.353 e. The number of piperazine rings is 1. The Morgan fingerprint density at radius 3 is 2.05 bits per heavy atom. The molecule has 0 aliphatic carbocycles. The second-order valence-corrected chi connectivity index (χ2v) is 7.45. The summed E-state index contributed by atoms with van der Waals surface area (Å²) in [6.07, 6.45) is 0. The van der Waals surface area contributed by atoms with Gasteiger partial charge in [0.15, 0.2) is 0 Å². The van der Waals surface area contributed by atoms with Crippen LogP contribution in [0.5, 0.6) is 0 Å². The lowest BCUT2D eigenvalue weighted by Gasteiger charge is -2.38. The summed E-state index contributed by atoms with van der Waals surface area (Å²) >= 11 is 0. The van der Waals surface area contributed by atoms with Crippen LogP contribution in [0.2, 0.25) is 0 Å². The molecule has 1 saturated heterocycles. The van der Waals surface area contributed by atoms with E-state index < -0.39 is 0 Å². The Morgan fingerprint density at radius 2 is 1.59 bits per heavy atom. The van der Waals surface area contributed by atoms with E-state index >= 15 is 0 Å². The highest BCUT2D eigenvalue weighted by Crippen LogP contribution is 2.08. The summed E-state index contributed by atoms with van der Waals surface area (Å²) in [5.41, 5.74) is -0.206. The summed E-state index contributed by atoms with van der Waals surface area (Å²) in [4.78, 5) is 28.3. The molecule has 0 aromatic heterocycles. The quantitative estimate of drug-likeness (QED) is 0.773. The fraction of sp³-hybridized carbons (Fsp3) is 0.875. The maximum Gasteiger partial charge on any atom is 0.237 e. The zero-order valence-corrected chi connectivity index (χ0v) is 14.9. The predicted octanol–water partition coefficient (Wildman–Crippen LogP) is 0.432. The third-order valence-electron chi connectivity index (χ3n) is 3.65. The first-order valence-electron chi connectivity index (χ1n) is 8.16. The average molecular weight is 312 g/mol. The molecule has 6 nitrogen and oxygen atoms in total. The Balaban J connectivity index is 2.38. The van der Waals surface area contributed by atoms with Gasteiger partial charge in [0, 0.05) is 37.8 Å². The van der Waals surface area contributed by atoms with Crippen LogP contribution < -0.4 is 10.6 Å². The van der Waals surface area contributed by atoms with Crippen molar-refractivity contribution in [2.75, 3.05) is 32.7 Å². The molecule has 0 saturated carbocycles. The summed E-state index contributed by atoms with van der Waals surface area (Å²) in [5, 5.41) is 5.93.